The second-order valence-corrected chi connectivity index (χ2v) is 4.79. The summed E-state index contributed by atoms with van der Waals surface area (Å²) in [5, 5.41) is 0. The van der Waals surface area contributed by atoms with E-state index in [0.29, 0.717) is 6.54 Å². The molecule has 4 heteroatoms. The van der Waals surface area contributed by atoms with Crippen LogP contribution in [0.2, 0.25) is 0 Å². The molecule has 1 aromatic heterocycles. The lowest BCUT2D eigenvalue weighted by Crippen LogP contribution is -2.36. The largest absolute Gasteiger partial charge is 0.341 e. The predicted octanol–water partition coefficient (Wildman–Crippen LogP) is 1.60. The molecule has 1 unspecified atom stereocenters. The van der Waals surface area contributed by atoms with Crippen molar-refractivity contribution in [2.45, 2.75) is 32.6 Å². The summed E-state index contributed by atoms with van der Waals surface area (Å²) in [5.74, 6) is 1.68. The van der Waals surface area contributed by atoms with Crippen LogP contribution in [0.5, 0.6) is 0 Å². The van der Waals surface area contributed by atoms with Gasteiger partial charge >= 0.3 is 0 Å². The third-order valence-electron chi connectivity index (χ3n) is 3.50. The summed E-state index contributed by atoms with van der Waals surface area (Å²) in [6.45, 7) is 5.11. The molecule has 2 heterocycles. The van der Waals surface area contributed by atoms with Crippen molar-refractivity contribution in [3.8, 4) is 0 Å². The van der Waals surface area contributed by atoms with Crippen molar-refractivity contribution in [2.75, 3.05) is 24.5 Å². The smallest absolute Gasteiger partial charge is 0.225 e. The lowest BCUT2D eigenvalue weighted by molar-refractivity contribution is 0.401. The maximum Gasteiger partial charge on any atom is 0.225 e. The molecule has 1 aliphatic heterocycles. The Kier molecular flexibility index (Phi) is 4.31. The summed E-state index contributed by atoms with van der Waals surface area (Å²) < 4.78 is 0. The van der Waals surface area contributed by atoms with Crippen LogP contribution in [0.4, 0.5) is 5.95 Å². The van der Waals surface area contributed by atoms with E-state index in [9.17, 15) is 0 Å². The molecular formula is C13H22N4. The molecule has 0 radical (unpaired) electrons. The van der Waals surface area contributed by atoms with Crippen LogP contribution in [-0.2, 0) is 6.42 Å². The van der Waals surface area contributed by atoms with E-state index < -0.39 is 0 Å². The molecule has 2 rings (SSSR count). The highest BCUT2D eigenvalue weighted by Gasteiger charge is 2.20. The van der Waals surface area contributed by atoms with Gasteiger partial charge in [0.25, 0.3) is 0 Å². The molecule has 0 aliphatic carbocycles. The van der Waals surface area contributed by atoms with Crippen LogP contribution in [0.25, 0.3) is 0 Å². The maximum absolute atomic E-state index is 5.51. The van der Waals surface area contributed by atoms with Crippen molar-refractivity contribution in [1.29, 1.82) is 0 Å². The molecule has 1 fully saturated rings. The third-order valence-corrected chi connectivity index (χ3v) is 3.50. The first-order valence-electron chi connectivity index (χ1n) is 6.59. The molecule has 0 bridgehead atoms. The average molecular weight is 234 g/mol. The Morgan fingerprint density at radius 1 is 1.41 bits per heavy atom. The number of anilines is 1. The third kappa shape index (κ3) is 3.16. The normalized spacial score (nSPS) is 20.6. The van der Waals surface area contributed by atoms with Gasteiger partial charge < -0.3 is 10.6 Å². The first-order valence-corrected chi connectivity index (χ1v) is 6.59. The van der Waals surface area contributed by atoms with Crippen molar-refractivity contribution in [3.63, 3.8) is 0 Å². The molecule has 17 heavy (non-hydrogen) atoms. The topological polar surface area (TPSA) is 55.0 Å². The number of nitrogens with two attached hydrogens (primary N) is 1. The van der Waals surface area contributed by atoms with Crippen molar-refractivity contribution < 1.29 is 0 Å². The Morgan fingerprint density at radius 2 is 2.18 bits per heavy atom. The zero-order chi connectivity index (χ0) is 12.1. The van der Waals surface area contributed by atoms with Crippen molar-refractivity contribution >= 4 is 5.95 Å². The summed E-state index contributed by atoms with van der Waals surface area (Å²) in [6, 6.07) is 0. The fourth-order valence-electron chi connectivity index (χ4n) is 2.39. The van der Waals surface area contributed by atoms with E-state index in [1.54, 1.807) is 0 Å². The van der Waals surface area contributed by atoms with Crippen LogP contribution < -0.4 is 10.6 Å². The standard InChI is InChI=1S/C13H22N4/c1-2-11-4-3-7-17(10-11)13-15-8-12(5-6-14)9-16-13/h8-9,11H,2-7,10,14H2,1H3. The van der Waals surface area contributed by atoms with E-state index in [1.165, 1.54) is 19.3 Å². The molecule has 0 spiro atoms. The maximum atomic E-state index is 5.51. The Balaban J connectivity index is 2.01. The van der Waals surface area contributed by atoms with Gasteiger partial charge in [0.15, 0.2) is 0 Å². The summed E-state index contributed by atoms with van der Waals surface area (Å²) >= 11 is 0. The summed E-state index contributed by atoms with van der Waals surface area (Å²) in [7, 11) is 0. The van der Waals surface area contributed by atoms with E-state index in [4.69, 9.17) is 5.73 Å². The summed E-state index contributed by atoms with van der Waals surface area (Å²) in [5.41, 5.74) is 6.64. The van der Waals surface area contributed by atoms with Crippen LogP contribution in [0.3, 0.4) is 0 Å². The van der Waals surface area contributed by atoms with Crippen molar-refractivity contribution in [2.24, 2.45) is 11.7 Å². The van der Waals surface area contributed by atoms with Crippen LogP contribution in [0, 0.1) is 5.92 Å². The van der Waals surface area contributed by atoms with E-state index in [0.717, 1.165) is 36.9 Å². The van der Waals surface area contributed by atoms with Crippen LogP contribution in [-0.4, -0.2) is 29.6 Å². The quantitative estimate of drug-likeness (QED) is 0.860. The zero-order valence-corrected chi connectivity index (χ0v) is 10.6. The predicted molar refractivity (Wildman–Crippen MR) is 70.0 cm³/mol. The Bertz CT molecular complexity index is 336. The SMILES string of the molecule is CCC1CCCN(c2ncc(CCN)cn2)C1. The van der Waals surface area contributed by atoms with Gasteiger partial charge in [0.2, 0.25) is 5.95 Å². The first-order chi connectivity index (χ1) is 8.33. The number of rotatable bonds is 4. The van der Waals surface area contributed by atoms with E-state index in [-0.39, 0.29) is 0 Å². The minimum atomic E-state index is 0.657. The lowest BCUT2D eigenvalue weighted by atomic mass is 9.96. The molecule has 1 aliphatic rings. The highest BCUT2D eigenvalue weighted by atomic mass is 15.2. The zero-order valence-electron chi connectivity index (χ0n) is 10.6. The second kappa shape index (κ2) is 5.96. The molecule has 2 N–H and O–H groups in total. The highest BCUT2D eigenvalue weighted by molar-refractivity contribution is 5.30. The minimum absolute atomic E-state index is 0.657. The van der Waals surface area contributed by atoms with Gasteiger partial charge in [0.1, 0.15) is 0 Å². The molecule has 0 aromatic carbocycles. The molecule has 1 aromatic rings. The highest BCUT2D eigenvalue weighted by Crippen LogP contribution is 2.22. The van der Waals surface area contributed by atoms with Crippen LogP contribution in [0.1, 0.15) is 31.7 Å². The van der Waals surface area contributed by atoms with Gasteiger partial charge in [0, 0.05) is 25.5 Å². The molecule has 1 saturated heterocycles. The monoisotopic (exact) mass is 234 g/mol. The van der Waals surface area contributed by atoms with Gasteiger partial charge in [-0.2, -0.15) is 0 Å². The Hall–Kier alpha value is -1.16. The Labute approximate surface area is 103 Å². The number of aromatic nitrogens is 2. The van der Waals surface area contributed by atoms with E-state index >= 15 is 0 Å². The summed E-state index contributed by atoms with van der Waals surface area (Å²) in [4.78, 5) is 11.2. The minimum Gasteiger partial charge on any atom is -0.341 e. The molecule has 4 nitrogen and oxygen atoms in total. The van der Waals surface area contributed by atoms with Gasteiger partial charge in [-0.15, -0.1) is 0 Å². The van der Waals surface area contributed by atoms with Gasteiger partial charge in [0.05, 0.1) is 0 Å². The molecule has 1 atom stereocenters. The van der Waals surface area contributed by atoms with E-state index in [2.05, 4.69) is 21.8 Å². The first kappa shape index (κ1) is 12.3. The molecule has 94 valence electrons. The fourth-order valence-corrected chi connectivity index (χ4v) is 2.39. The van der Waals surface area contributed by atoms with Gasteiger partial charge in [-0.25, -0.2) is 9.97 Å². The van der Waals surface area contributed by atoms with Crippen molar-refractivity contribution in [1.82, 2.24) is 9.97 Å². The molecular weight excluding hydrogens is 212 g/mol. The Morgan fingerprint density at radius 3 is 2.82 bits per heavy atom. The number of nitrogens with zero attached hydrogens (tertiary/aromatic N) is 3. The van der Waals surface area contributed by atoms with Crippen molar-refractivity contribution in [3.05, 3.63) is 18.0 Å². The fraction of sp³-hybridized carbons (Fsp3) is 0.692. The van der Waals surface area contributed by atoms with Gasteiger partial charge in [-0.05, 0) is 37.3 Å². The lowest BCUT2D eigenvalue weighted by Gasteiger charge is -2.32. The number of hydrogen-bond donors (Lipinski definition) is 1. The van der Waals surface area contributed by atoms with Gasteiger partial charge in [-0.1, -0.05) is 13.3 Å². The van der Waals surface area contributed by atoms with Gasteiger partial charge in [-0.3, -0.25) is 0 Å². The summed E-state index contributed by atoms with van der Waals surface area (Å²) in [6.07, 6.45) is 8.53. The second-order valence-electron chi connectivity index (χ2n) is 4.79. The average Bonchev–Trinajstić information content (AvgIpc) is 2.40. The van der Waals surface area contributed by atoms with Crippen LogP contribution >= 0.6 is 0 Å². The van der Waals surface area contributed by atoms with Crippen LogP contribution in [0.15, 0.2) is 12.4 Å². The molecule has 0 amide bonds. The number of piperidine rings is 1. The van der Waals surface area contributed by atoms with E-state index in [1.807, 2.05) is 12.4 Å². The molecule has 0 saturated carbocycles. The number of hydrogen-bond acceptors (Lipinski definition) is 4.